The zero-order valence-electron chi connectivity index (χ0n) is 12.6. The van der Waals surface area contributed by atoms with Gasteiger partial charge in [-0.25, -0.2) is 4.79 Å². The van der Waals surface area contributed by atoms with Crippen molar-refractivity contribution in [2.24, 2.45) is 0 Å². The lowest BCUT2D eigenvalue weighted by Crippen LogP contribution is -2.37. The first-order chi connectivity index (χ1) is 9.88. The predicted molar refractivity (Wildman–Crippen MR) is 78.0 cm³/mol. The second-order valence-corrected chi connectivity index (χ2v) is 5.62. The van der Waals surface area contributed by atoms with Crippen LogP contribution in [0.1, 0.15) is 42.5 Å². The number of carbonyl (C=O) groups excluding carboxylic acids is 1. The standard InChI is InChI=1S/C16H21NO4/c1-9-4-5-12(10(2)8-9)11(3)17-15(18)13-6-7-14(21-13)16(19)20/h4-5,8,11,13-14H,6-7H2,1-3H3,(H,17,18)(H,19,20). The number of nitrogens with one attached hydrogen (secondary N) is 1. The molecule has 21 heavy (non-hydrogen) atoms. The Kier molecular flexibility index (Phi) is 4.63. The third-order valence-corrected chi connectivity index (χ3v) is 3.84. The average molecular weight is 291 g/mol. The molecule has 1 aliphatic heterocycles. The normalized spacial score (nSPS) is 22.8. The van der Waals surface area contributed by atoms with Crippen LogP contribution in [-0.4, -0.2) is 29.2 Å². The van der Waals surface area contributed by atoms with Gasteiger partial charge in [0.05, 0.1) is 6.04 Å². The summed E-state index contributed by atoms with van der Waals surface area (Å²) in [5, 5.41) is 11.8. The van der Waals surface area contributed by atoms with Crippen LogP contribution in [0, 0.1) is 13.8 Å². The Morgan fingerprint density at radius 2 is 1.95 bits per heavy atom. The summed E-state index contributed by atoms with van der Waals surface area (Å²) in [4.78, 5) is 23.0. The molecule has 2 rings (SSSR count). The summed E-state index contributed by atoms with van der Waals surface area (Å²) in [6.45, 7) is 5.95. The van der Waals surface area contributed by atoms with Crippen LogP contribution in [0.15, 0.2) is 18.2 Å². The van der Waals surface area contributed by atoms with Gasteiger partial charge in [-0.15, -0.1) is 0 Å². The molecule has 0 radical (unpaired) electrons. The van der Waals surface area contributed by atoms with Crippen molar-refractivity contribution in [3.05, 3.63) is 34.9 Å². The molecule has 3 unspecified atom stereocenters. The van der Waals surface area contributed by atoms with Gasteiger partial charge in [0, 0.05) is 0 Å². The molecule has 0 saturated carbocycles. The number of aliphatic carboxylic acids is 1. The summed E-state index contributed by atoms with van der Waals surface area (Å²) < 4.78 is 5.26. The van der Waals surface area contributed by atoms with Crippen molar-refractivity contribution >= 4 is 11.9 Å². The average Bonchev–Trinajstić information content (AvgIpc) is 2.88. The molecular formula is C16H21NO4. The Morgan fingerprint density at radius 3 is 2.52 bits per heavy atom. The van der Waals surface area contributed by atoms with E-state index in [0.29, 0.717) is 12.8 Å². The third kappa shape index (κ3) is 3.61. The van der Waals surface area contributed by atoms with E-state index in [-0.39, 0.29) is 11.9 Å². The number of rotatable bonds is 4. The Bertz CT molecular complexity index is 555. The van der Waals surface area contributed by atoms with Crippen molar-refractivity contribution in [3.63, 3.8) is 0 Å². The van der Waals surface area contributed by atoms with Gasteiger partial charge < -0.3 is 15.2 Å². The number of carbonyl (C=O) groups is 2. The fraction of sp³-hybridized carbons (Fsp3) is 0.500. The van der Waals surface area contributed by atoms with Crippen LogP contribution in [0.4, 0.5) is 0 Å². The minimum atomic E-state index is -1.01. The molecule has 0 bridgehead atoms. The minimum absolute atomic E-state index is 0.134. The van der Waals surface area contributed by atoms with Crippen LogP contribution in [0.5, 0.6) is 0 Å². The molecule has 1 fully saturated rings. The molecule has 5 heteroatoms. The summed E-state index contributed by atoms with van der Waals surface area (Å²) in [5.41, 5.74) is 3.36. The molecule has 1 aromatic carbocycles. The summed E-state index contributed by atoms with van der Waals surface area (Å²) in [6, 6.07) is 5.96. The molecule has 114 valence electrons. The monoisotopic (exact) mass is 291 g/mol. The number of hydrogen-bond acceptors (Lipinski definition) is 3. The van der Waals surface area contributed by atoms with Crippen LogP contribution in [-0.2, 0) is 14.3 Å². The molecule has 1 heterocycles. The number of hydrogen-bond donors (Lipinski definition) is 2. The van der Waals surface area contributed by atoms with Crippen LogP contribution in [0.25, 0.3) is 0 Å². The molecule has 1 amide bonds. The van der Waals surface area contributed by atoms with Crippen LogP contribution in [0.3, 0.4) is 0 Å². The molecular weight excluding hydrogens is 270 g/mol. The van der Waals surface area contributed by atoms with Gasteiger partial charge in [0.15, 0.2) is 6.10 Å². The first-order valence-corrected chi connectivity index (χ1v) is 7.14. The van der Waals surface area contributed by atoms with Gasteiger partial charge in [-0.2, -0.15) is 0 Å². The molecule has 2 N–H and O–H groups in total. The number of amides is 1. The first kappa shape index (κ1) is 15.5. The number of ether oxygens (including phenoxy) is 1. The van der Waals surface area contributed by atoms with Crippen LogP contribution in [0.2, 0.25) is 0 Å². The van der Waals surface area contributed by atoms with Crippen molar-refractivity contribution < 1.29 is 19.4 Å². The van der Waals surface area contributed by atoms with Gasteiger partial charge in [-0.05, 0) is 44.7 Å². The van der Waals surface area contributed by atoms with E-state index >= 15 is 0 Å². The van der Waals surface area contributed by atoms with E-state index in [0.717, 1.165) is 11.1 Å². The zero-order chi connectivity index (χ0) is 15.6. The first-order valence-electron chi connectivity index (χ1n) is 7.14. The number of carboxylic acid groups (broad SMARTS) is 1. The SMILES string of the molecule is Cc1ccc(C(C)NC(=O)C2CCC(C(=O)O)O2)c(C)c1. The van der Waals surface area contributed by atoms with E-state index in [1.54, 1.807) is 0 Å². The lowest BCUT2D eigenvalue weighted by Gasteiger charge is -2.19. The van der Waals surface area contributed by atoms with Crippen molar-refractivity contribution in [2.45, 2.75) is 51.9 Å². The Balaban J connectivity index is 1.98. The number of aryl methyl sites for hydroxylation is 2. The van der Waals surface area contributed by atoms with Gasteiger partial charge in [-0.1, -0.05) is 23.8 Å². The van der Waals surface area contributed by atoms with Crippen molar-refractivity contribution in [1.29, 1.82) is 0 Å². The van der Waals surface area contributed by atoms with Gasteiger partial charge in [0.25, 0.3) is 0 Å². The molecule has 3 atom stereocenters. The quantitative estimate of drug-likeness (QED) is 0.891. The maximum atomic E-state index is 12.1. The summed E-state index contributed by atoms with van der Waals surface area (Å²) in [7, 11) is 0. The fourth-order valence-corrected chi connectivity index (χ4v) is 2.71. The maximum absolute atomic E-state index is 12.1. The van der Waals surface area contributed by atoms with Crippen LogP contribution < -0.4 is 5.32 Å². The number of benzene rings is 1. The molecule has 0 aliphatic carbocycles. The van der Waals surface area contributed by atoms with Crippen LogP contribution >= 0.6 is 0 Å². The predicted octanol–water partition coefficient (Wildman–Crippen LogP) is 2.11. The lowest BCUT2D eigenvalue weighted by molar-refractivity contribution is -0.151. The Labute approximate surface area is 124 Å². The Morgan fingerprint density at radius 1 is 1.29 bits per heavy atom. The second-order valence-electron chi connectivity index (χ2n) is 5.62. The van der Waals surface area contributed by atoms with E-state index in [2.05, 4.69) is 11.4 Å². The van der Waals surface area contributed by atoms with Gasteiger partial charge in [-0.3, -0.25) is 4.79 Å². The van der Waals surface area contributed by atoms with E-state index in [1.807, 2.05) is 32.9 Å². The highest BCUT2D eigenvalue weighted by Gasteiger charge is 2.35. The molecule has 5 nitrogen and oxygen atoms in total. The molecule has 0 spiro atoms. The van der Waals surface area contributed by atoms with E-state index < -0.39 is 18.2 Å². The lowest BCUT2D eigenvalue weighted by atomic mass is 10.00. The molecule has 1 saturated heterocycles. The summed E-state index contributed by atoms with van der Waals surface area (Å²) in [5.74, 6) is -1.25. The third-order valence-electron chi connectivity index (χ3n) is 3.84. The zero-order valence-corrected chi connectivity index (χ0v) is 12.6. The van der Waals surface area contributed by atoms with Crippen molar-refractivity contribution in [2.75, 3.05) is 0 Å². The van der Waals surface area contributed by atoms with E-state index in [4.69, 9.17) is 9.84 Å². The minimum Gasteiger partial charge on any atom is -0.479 e. The van der Waals surface area contributed by atoms with E-state index in [9.17, 15) is 9.59 Å². The number of carboxylic acids is 1. The second kappa shape index (κ2) is 6.26. The maximum Gasteiger partial charge on any atom is 0.332 e. The summed E-state index contributed by atoms with van der Waals surface area (Å²) in [6.07, 6.45) is -0.704. The molecule has 1 aliphatic rings. The molecule has 1 aromatic rings. The van der Waals surface area contributed by atoms with Gasteiger partial charge in [0.2, 0.25) is 5.91 Å². The highest BCUT2D eigenvalue weighted by molar-refractivity contribution is 5.83. The van der Waals surface area contributed by atoms with Gasteiger partial charge >= 0.3 is 5.97 Å². The van der Waals surface area contributed by atoms with E-state index in [1.165, 1.54) is 5.56 Å². The fourth-order valence-electron chi connectivity index (χ4n) is 2.71. The van der Waals surface area contributed by atoms with Gasteiger partial charge in [0.1, 0.15) is 6.10 Å². The van der Waals surface area contributed by atoms with Crippen molar-refractivity contribution in [1.82, 2.24) is 5.32 Å². The smallest absolute Gasteiger partial charge is 0.332 e. The molecule has 0 aromatic heterocycles. The van der Waals surface area contributed by atoms with Crippen molar-refractivity contribution in [3.8, 4) is 0 Å². The Hall–Kier alpha value is -1.88. The topological polar surface area (TPSA) is 75.6 Å². The highest BCUT2D eigenvalue weighted by atomic mass is 16.5. The summed E-state index contributed by atoms with van der Waals surface area (Å²) >= 11 is 0. The highest BCUT2D eigenvalue weighted by Crippen LogP contribution is 2.22. The largest absolute Gasteiger partial charge is 0.479 e.